The zero-order valence-electron chi connectivity index (χ0n) is 7.73. The van der Waals surface area contributed by atoms with Crippen LogP contribution in [-0.2, 0) is 4.74 Å². The summed E-state index contributed by atoms with van der Waals surface area (Å²) in [6.45, 7) is 5.62. The number of piperidine rings is 1. The Balaban J connectivity index is 2.00. The molecule has 0 spiro atoms. The minimum Gasteiger partial charge on any atom is -0.368 e. The summed E-state index contributed by atoms with van der Waals surface area (Å²) in [4.78, 5) is 0. The third kappa shape index (κ3) is 3.75. The smallest absolute Gasteiger partial charge is 0.107 e. The highest BCUT2D eigenvalue weighted by atomic mass is 16.5. The van der Waals surface area contributed by atoms with Gasteiger partial charge in [-0.05, 0) is 38.8 Å². The average molecular weight is 167 g/mol. The SMILES string of the molecule is CC#CCOCC1CCNCC1. The van der Waals surface area contributed by atoms with Gasteiger partial charge in [-0.15, -0.1) is 5.92 Å². The Kier molecular flexibility index (Phi) is 4.82. The van der Waals surface area contributed by atoms with E-state index in [1.54, 1.807) is 0 Å². The molecule has 1 saturated heterocycles. The summed E-state index contributed by atoms with van der Waals surface area (Å²) >= 11 is 0. The average Bonchev–Trinajstić information content (AvgIpc) is 2.14. The van der Waals surface area contributed by atoms with Crippen LogP contribution in [0.1, 0.15) is 19.8 Å². The molecule has 68 valence electrons. The predicted octanol–water partition coefficient (Wildman–Crippen LogP) is 1.03. The third-order valence-electron chi connectivity index (χ3n) is 2.16. The number of rotatable bonds is 3. The van der Waals surface area contributed by atoms with E-state index >= 15 is 0 Å². The topological polar surface area (TPSA) is 21.3 Å². The summed E-state index contributed by atoms with van der Waals surface area (Å²) in [5.41, 5.74) is 0. The van der Waals surface area contributed by atoms with Crippen LogP contribution >= 0.6 is 0 Å². The molecule has 1 rings (SSSR count). The standard InChI is InChI=1S/C10H17NO/c1-2-3-8-12-9-10-4-6-11-7-5-10/h10-11H,4-9H2,1H3. The molecule has 1 fully saturated rings. The number of hydrogen-bond donors (Lipinski definition) is 1. The Morgan fingerprint density at radius 3 is 2.83 bits per heavy atom. The lowest BCUT2D eigenvalue weighted by Crippen LogP contribution is -2.29. The Morgan fingerprint density at radius 1 is 1.42 bits per heavy atom. The first kappa shape index (κ1) is 9.57. The van der Waals surface area contributed by atoms with Crippen molar-refractivity contribution >= 4 is 0 Å². The van der Waals surface area contributed by atoms with Gasteiger partial charge >= 0.3 is 0 Å². The fraction of sp³-hybridized carbons (Fsp3) is 0.800. The Bertz CT molecular complexity index is 162. The van der Waals surface area contributed by atoms with E-state index in [1.165, 1.54) is 12.8 Å². The van der Waals surface area contributed by atoms with Crippen LogP contribution in [0.3, 0.4) is 0 Å². The van der Waals surface area contributed by atoms with E-state index in [-0.39, 0.29) is 0 Å². The van der Waals surface area contributed by atoms with E-state index < -0.39 is 0 Å². The van der Waals surface area contributed by atoms with Gasteiger partial charge in [-0.2, -0.15) is 0 Å². The summed E-state index contributed by atoms with van der Waals surface area (Å²) in [5.74, 6) is 6.47. The van der Waals surface area contributed by atoms with E-state index in [0.29, 0.717) is 6.61 Å². The molecule has 0 saturated carbocycles. The highest BCUT2D eigenvalue weighted by Gasteiger charge is 2.11. The van der Waals surface area contributed by atoms with Gasteiger partial charge in [0, 0.05) is 0 Å². The van der Waals surface area contributed by atoms with Crippen LogP contribution in [-0.4, -0.2) is 26.3 Å². The molecular formula is C10H17NO. The maximum absolute atomic E-state index is 5.41. The second-order valence-corrected chi connectivity index (χ2v) is 3.14. The molecule has 2 heteroatoms. The molecule has 0 atom stereocenters. The minimum absolute atomic E-state index is 0.598. The second-order valence-electron chi connectivity index (χ2n) is 3.14. The molecule has 0 aromatic heterocycles. The van der Waals surface area contributed by atoms with Crippen LogP contribution in [0.5, 0.6) is 0 Å². The van der Waals surface area contributed by atoms with Gasteiger partial charge in [0.25, 0.3) is 0 Å². The van der Waals surface area contributed by atoms with Gasteiger partial charge in [0.15, 0.2) is 0 Å². The van der Waals surface area contributed by atoms with Crippen molar-refractivity contribution in [3.8, 4) is 11.8 Å². The third-order valence-corrected chi connectivity index (χ3v) is 2.16. The second kappa shape index (κ2) is 6.05. The zero-order valence-corrected chi connectivity index (χ0v) is 7.73. The first-order valence-electron chi connectivity index (χ1n) is 4.61. The predicted molar refractivity (Wildman–Crippen MR) is 49.9 cm³/mol. The number of ether oxygens (including phenoxy) is 1. The molecule has 1 heterocycles. The molecule has 1 aliphatic rings. The van der Waals surface area contributed by atoms with Crippen molar-refractivity contribution in [1.82, 2.24) is 5.32 Å². The van der Waals surface area contributed by atoms with E-state index in [0.717, 1.165) is 25.6 Å². The van der Waals surface area contributed by atoms with Crippen LogP contribution in [0.2, 0.25) is 0 Å². The van der Waals surface area contributed by atoms with E-state index in [1.807, 2.05) is 6.92 Å². The van der Waals surface area contributed by atoms with Crippen molar-refractivity contribution in [1.29, 1.82) is 0 Å². The molecule has 0 aromatic carbocycles. The van der Waals surface area contributed by atoms with Gasteiger partial charge in [-0.3, -0.25) is 0 Å². The molecule has 12 heavy (non-hydrogen) atoms. The van der Waals surface area contributed by atoms with Gasteiger partial charge in [0.1, 0.15) is 6.61 Å². The van der Waals surface area contributed by atoms with Crippen molar-refractivity contribution in [2.24, 2.45) is 5.92 Å². The van der Waals surface area contributed by atoms with Crippen LogP contribution in [0.25, 0.3) is 0 Å². The summed E-state index contributed by atoms with van der Waals surface area (Å²) in [6, 6.07) is 0. The highest BCUT2D eigenvalue weighted by Crippen LogP contribution is 2.11. The van der Waals surface area contributed by atoms with Crippen LogP contribution in [0.4, 0.5) is 0 Å². The minimum atomic E-state index is 0.598. The van der Waals surface area contributed by atoms with Crippen molar-refractivity contribution in [2.45, 2.75) is 19.8 Å². The number of nitrogens with one attached hydrogen (secondary N) is 1. The Hall–Kier alpha value is -0.520. The maximum atomic E-state index is 5.41. The fourth-order valence-electron chi connectivity index (χ4n) is 1.40. The van der Waals surface area contributed by atoms with Gasteiger partial charge in [0.2, 0.25) is 0 Å². The van der Waals surface area contributed by atoms with Crippen molar-refractivity contribution in [3.05, 3.63) is 0 Å². The van der Waals surface area contributed by atoms with E-state index in [4.69, 9.17) is 4.74 Å². The lowest BCUT2D eigenvalue weighted by Gasteiger charge is -2.21. The Morgan fingerprint density at radius 2 is 2.17 bits per heavy atom. The molecule has 1 N–H and O–H groups in total. The summed E-state index contributed by atoms with van der Waals surface area (Å²) in [7, 11) is 0. The molecule has 0 aliphatic carbocycles. The molecule has 1 aliphatic heterocycles. The van der Waals surface area contributed by atoms with Crippen LogP contribution < -0.4 is 5.32 Å². The van der Waals surface area contributed by atoms with E-state index in [9.17, 15) is 0 Å². The monoisotopic (exact) mass is 167 g/mol. The fourth-order valence-corrected chi connectivity index (χ4v) is 1.40. The first-order valence-corrected chi connectivity index (χ1v) is 4.61. The lowest BCUT2D eigenvalue weighted by molar-refractivity contribution is 0.112. The van der Waals surface area contributed by atoms with Crippen LogP contribution in [0.15, 0.2) is 0 Å². The normalized spacial score (nSPS) is 18.4. The molecule has 2 nitrogen and oxygen atoms in total. The van der Waals surface area contributed by atoms with E-state index in [2.05, 4.69) is 17.2 Å². The first-order chi connectivity index (χ1) is 5.93. The summed E-state index contributed by atoms with van der Waals surface area (Å²) < 4.78 is 5.41. The molecule has 0 radical (unpaired) electrons. The molecule has 0 aromatic rings. The lowest BCUT2D eigenvalue weighted by atomic mass is 9.99. The molecule has 0 unspecified atom stereocenters. The zero-order chi connectivity index (χ0) is 8.65. The highest BCUT2D eigenvalue weighted by molar-refractivity contribution is 4.94. The molecule has 0 bridgehead atoms. The van der Waals surface area contributed by atoms with Crippen molar-refractivity contribution in [3.63, 3.8) is 0 Å². The van der Waals surface area contributed by atoms with Crippen LogP contribution in [0, 0.1) is 17.8 Å². The quantitative estimate of drug-likeness (QED) is 0.500. The maximum Gasteiger partial charge on any atom is 0.107 e. The summed E-state index contributed by atoms with van der Waals surface area (Å²) in [5, 5.41) is 3.33. The van der Waals surface area contributed by atoms with Crippen molar-refractivity contribution < 1.29 is 4.74 Å². The number of hydrogen-bond acceptors (Lipinski definition) is 2. The largest absolute Gasteiger partial charge is 0.368 e. The van der Waals surface area contributed by atoms with Crippen molar-refractivity contribution in [2.75, 3.05) is 26.3 Å². The van der Waals surface area contributed by atoms with Gasteiger partial charge in [0.05, 0.1) is 6.61 Å². The molecule has 0 amide bonds. The Labute approximate surface area is 74.7 Å². The van der Waals surface area contributed by atoms with Gasteiger partial charge < -0.3 is 10.1 Å². The van der Waals surface area contributed by atoms with Gasteiger partial charge in [-0.25, -0.2) is 0 Å². The molecular weight excluding hydrogens is 150 g/mol. The van der Waals surface area contributed by atoms with Gasteiger partial charge in [-0.1, -0.05) is 5.92 Å². The summed E-state index contributed by atoms with van der Waals surface area (Å²) in [6.07, 6.45) is 2.50.